The number of aliphatic hydroxyl groups is 1. The number of hydrogen-bond donors (Lipinski definition) is 2. The van der Waals surface area contributed by atoms with E-state index < -0.39 is 6.10 Å². The van der Waals surface area contributed by atoms with Crippen molar-refractivity contribution in [1.82, 2.24) is 5.32 Å². The molecule has 0 radical (unpaired) electrons. The van der Waals surface area contributed by atoms with Crippen LogP contribution in [0.2, 0.25) is 5.02 Å². The number of aliphatic hydroxyl groups excluding tert-OH is 1. The highest BCUT2D eigenvalue weighted by atomic mass is 35.5. The van der Waals surface area contributed by atoms with Gasteiger partial charge in [0.05, 0.1) is 5.02 Å². The van der Waals surface area contributed by atoms with Crippen LogP contribution in [0.15, 0.2) is 24.3 Å². The molecular weight excluding hydrogens is 282 g/mol. The Morgan fingerprint density at radius 2 is 2.32 bits per heavy atom. The molecule has 0 saturated carbocycles. The van der Waals surface area contributed by atoms with Crippen molar-refractivity contribution in [3.05, 3.63) is 29.3 Å². The van der Waals surface area contributed by atoms with Gasteiger partial charge >= 0.3 is 0 Å². The first-order valence-corrected chi connectivity index (χ1v) is 8.15. The Labute approximate surface area is 123 Å². The summed E-state index contributed by atoms with van der Waals surface area (Å²) < 4.78 is 5.51. The van der Waals surface area contributed by atoms with Gasteiger partial charge in [-0.15, -0.1) is 0 Å². The molecule has 5 heteroatoms. The zero-order valence-electron chi connectivity index (χ0n) is 10.8. The smallest absolute Gasteiger partial charge is 0.138 e. The second kappa shape index (κ2) is 8.00. The maximum Gasteiger partial charge on any atom is 0.138 e. The van der Waals surface area contributed by atoms with Gasteiger partial charge in [-0.2, -0.15) is 11.8 Å². The topological polar surface area (TPSA) is 41.5 Å². The summed E-state index contributed by atoms with van der Waals surface area (Å²) in [6, 6.07) is 7.83. The van der Waals surface area contributed by atoms with Gasteiger partial charge in [-0.1, -0.05) is 23.7 Å². The van der Waals surface area contributed by atoms with Crippen LogP contribution < -0.4 is 10.1 Å². The minimum Gasteiger partial charge on any atom is -0.489 e. The Bertz CT molecular complexity index is 385. The lowest BCUT2D eigenvalue weighted by molar-refractivity contribution is 0.104. The molecule has 1 saturated heterocycles. The van der Waals surface area contributed by atoms with E-state index in [0.29, 0.717) is 23.4 Å². The summed E-state index contributed by atoms with van der Waals surface area (Å²) in [5.74, 6) is 3.02. The molecule has 2 atom stereocenters. The Morgan fingerprint density at radius 1 is 1.47 bits per heavy atom. The lowest BCUT2D eigenvalue weighted by Crippen LogP contribution is -2.40. The van der Waals surface area contributed by atoms with Crippen LogP contribution in [0, 0.1) is 0 Å². The molecule has 106 valence electrons. The molecule has 0 aromatic heterocycles. The second-order valence-electron chi connectivity index (χ2n) is 4.72. The maximum atomic E-state index is 9.89. The number of nitrogens with one attached hydrogen (secondary N) is 1. The molecule has 2 N–H and O–H groups in total. The van der Waals surface area contributed by atoms with Gasteiger partial charge in [0.1, 0.15) is 18.5 Å². The molecule has 1 heterocycles. The van der Waals surface area contributed by atoms with Crippen LogP contribution in [0.25, 0.3) is 0 Å². The van der Waals surface area contributed by atoms with E-state index in [0.717, 1.165) is 5.75 Å². The fraction of sp³-hybridized carbons (Fsp3) is 0.571. The first-order chi connectivity index (χ1) is 9.25. The van der Waals surface area contributed by atoms with E-state index >= 15 is 0 Å². The zero-order chi connectivity index (χ0) is 13.5. The highest BCUT2D eigenvalue weighted by Gasteiger charge is 2.15. The summed E-state index contributed by atoms with van der Waals surface area (Å²) in [6.45, 7) is 0.826. The molecule has 0 amide bonds. The third kappa shape index (κ3) is 5.22. The molecule has 1 aliphatic heterocycles. The molecule has 1 fully saturated rings. The SMILES string of the molecule is OC(CNC1CCCSC1)COc1ccccc1Cl. The fourth-order valence-electron chi connectivity index (χ4n) is 2.01. The lowest BCUT2D eigenvalue weighted by atomic mass is 10.2. The second-order valence-corrected chi connectivity index (χ2v) is 6.27. The molecule has 0 spiro atoms. The Kier molecular flexibility index (Phi) is 6.31. The number of benzene rings is 1. The zero-order valence-corrected chi connectivity index (χ0v) is 12.4. The van der Waals surface area contributed by atoms with Gasteiger partial charge in [0.2, 0.25) is 0 Å². The molecular formula is C14H20ClNO2S. The van der Waals surface area contributed by atoms with Crippen LogP contribution in [0.5, 0.6) is 5.75 Å². The van der Waals surface area contributed by atoms with Crippen LogP contribution in [0.3, 0.4) is 0 Å². The van der Waals surface area contributed by atoms with Crippen molar-refractivity contribution in [1.29, 1.82) is 0 Å². The normalized spacial score (nSPS) is 21.1. The quantitative estimate of drug-likeness (QED) is 0.847. The first kappa shape index (κ1) is 15.0. The van der Waals surface area contributed by atoms with Gasteiger partial charge in [0, 0.05) is 18.3 Å². The molecule has 3 nitrogen and oxygen atoms in total. The number of thioether (sulfide) groups is 1. The van der Waals surface area contributed by atoms with Crippen molar-refractivity contribution in [3.63, 3.8) is 0 Å². The third-order valence-electron chi connectivity index (χ3n) is 3.07. The summed E-state index contributed by atoms with van der Waals surface area (Å²) in [5.41, 5.74) is 0. The predicted octanol–water partition coefficient (Wildman–Crippen LogP) is 2.56. The van der Waals surface area contributed by atoms with Gasteiger partial charge < -0.3 is 15.2 Å². The monoisotopic (exact) mass is 301 g/mol. The third-order valence-corrected chi connectivity index (χ3v) is 4.60. The molecule has 1 aromatic carbocycles. The van der Waals surface area contributed by atoms with Crippen LogP contribution in [0.4, 0.5) is 0 Å². The van der Waals surface area contributed by atoms with Gasteiger partial charge in [-0.3, -0.25) is 0 Å². The summed E-state index contributed by atoms with van der Waals surface area (Å²) in [7, 11) is 0. The minimum absolute atomic E-state index is 0.261. The summed E-state index contributed by atoms with van der Waals surface area (Å²) in [4.78, 5) is 0. The standard InChI is InChI=1S/C14H20ClNO2S/c15-13-5-1-2-6-14(13)18-9-12(17)8-16-11-4-3-7-19-10-11/h1-2,5-6,11-12,16-17H,3-4,7-10H2. The van der Waals surface area contributed by atoms with Crippen molar-refractivity contribution in [2.75, 3.05) is 24.7 Å². The summed E-state index contributed by atoms with van der Waals surface area (Å²) >= 11 is 7.96. The predicted molar refractivity (Wildman–Crippen MR) is 81.3 cm³/mol. The highest BCUT2D eigenvalue weighted by molar-refractivity contribution is 7.99. The van der Waals surface area contributed by atoms with Gasteiger partial charge in [0.15, 0.2) is 0 Å². The molecule has 0 bridgehead atoms. The molecule has 19 heavy (non-hydrogen) atoms. The van der Waals surface area contributed by atoms with Gasteiger partial charge in [-0.05, 0) is 30.7 Å². The van der Waals surface area contributed by atoms with Crippen molar-refractivity contribution >= 4 is 23.4 Å². The number of halogens is 1. The van der Waals surface area contributed by atoms with Crippen LogP contribution >= 0.6 is 23.4 Å². The number of rotatable bonds is 6. The molecule has 2 unspecified atom stereocenters. The van der Waals surface area contributed by atoms with E-state index in [1.54, 1.807) is 12.1 Å². The average Bonchev–Trinajstić information content (AvgIpc) is 2.45. The van der Waals surface area contributed by atoms with Crippen molar-refractivity contribution < 1.29 is 9.84 Å². The van der Waals surface area contributed by atoms with E-state index in [9.17, 15) is 5.11 Å². The summed E-state index contributed by atoms with van der Waals surface area (Å²) in [5, 5.41) is 13.9. The Hall–Kier alpha value is -0.420. The number of ether oxygens (including phenoxy) is 1. The van der Waals surface area contributed by atoms with E-state index in [2.05, 4.69) is 5.32 Å². The number of para-hydroxylation sites is 1. The minimum atomic E-state index is -0.511. The van der Waals surface area contributed by atoms with Crippen LogP contribution in [0.1, 0.15) is 12.8 Å². The number of hydrogen-bond acceptors (Lipinski definition) is 4. The van der Waals surface area contributed by atoms with Crippen LogP contribution in [-0.4, -0.2) is 41.9 Å². The van der Waals surface area contributed by atoms with E-state index in [1.807, 2.05) is 23.9 Å². The molecule has 1 aromatic rings. The van der Waals surface area contributed by atoms with Crippen molar-refractivity contribution in [3.8, 4) is 5.75 Å². The van der Waals surface area contributed by atoms with E-state index in [-0.39, 0.29) is 6.61 Å². The van der Waals surface area contributed by atoms with Crippen molar-refractivity contribution in [2.24, 2.45) is 0 Å². The van der Waals surface area contributed by atoms with Crippen LogP contribution in [-0.2, 0) is 0 Å². The molecule has 0 aliphatic carbocycles. The Morgan fingerprint density at radius 3 is 3.05 bits per heavy atom. The average molecular weight is 302 g/mol. The lowest BCUT2D eigenvalue weighted by Gasteiger charge is -2.24. The maximum absolute atomic E-state index is 9.89. The largest absolute Gasteiger partial charge is 0.489 e. The Balaban J connectivity index is 1.66. The van der Waals surface area contributed by atoms with Gasteiger partial charge in [0.25, 0.3) is 0 Å². The summed E-state index contributed by atoms with van der Waals surface area (Å²) in [6.07, 6.45) is 1.95. The first-order valence-electron chi connectivity index (χ1n) is 6.62. The molecule has 2 rings (SSSR count). The fourth-order valence-corrected chi connectivity index (χ4v) is 3.31. The molecule has 1 aliphatic rings. The van der Waals surface area contributed by atoms with E-state index in [4.69, 9.17) is 16.3 Å². The van der Waals surface area contributed by atoms with Gasteiger partial charge in [-0.25, -0.2) is 0 Å². The van der Waals surface area contributed by atoms with E-state index in [1.165, 1.54) is 18.6 Å². The highest BCUT2D eigenvalue weighted by Crippen LogP contribution is 2.23. The van der Waals surface area contributed by atoms with Crippen molar-refractivity contribution in [2.45, 2.75) is 25.0 Å².